The first-order valence-corrected chi connectivity index (χ1v) is 12.8. The zero-order valence-corrected chi connectivity index (χ0v) is 20.9. The van der Waals surface area contributed by atoms with Crippen LogP contribution >= 0.6 is 0 Å². The van der Waals surface area contributed by atoms with Crippen molar-refractivity contribution in [2.45, 2.75) is 52.1 Å². The van der Waals surface area contributed by atoms with Crippen LogP contribution in [0.25, 0.3) is 11.0 Å². The summed E-state index contributed by atoms with van der Waals surface area (Å²) in [6, 6.07) is 22.0. The fraction of sp³-hybridized carbons (Fsp3) is 0.333. The quantitative estimate of drug-likeness (QED) is 0.262. The van der Waals surface area contributed by atoms with E-state index in [0.717, 1.165) is 29.9 Å². The molecule has 1 saturated carbocycles. The number of rotatable bonds is 8. The number of halogens is 1. The van der Waals surface area contributed by atoms with Crippen molar-refractivity contribution in [1.82, 2.24) is 14.5 Å². The van der Waals surface area contributed by atoms with Crippen LogP contribution in [0.4, 0.5) is 4.39 Å². The molecule has 6 heteroatoms. The average molecular weight is 486 g/mol. The Hall–Kier alpha value is -3.67. The van der Waals surface area contributed by atoms with E-state index in [4.69, 9.17) is 9.72 Å². The highest BCUT2D eigenvalue weighted by Crippen LogP contribution is 2.34. The SMILES string of the molecule is CC(C)CN(Cc1nc2cc(F)ccc2n1C1CCCC1)C(=O)c1cccc(Oc2ccccc2)c1. The van der Waals surface area contributed by atoms with E-state index in [2.05, 4.69) is 18.4 Å². The molecule has 186 valence electrons. The lowest BCUT2D eigenvalue weighted by atomic mass is 10.1. The number of carbonyl (C=O) groups excluding carboxylic acids is 1. The predicted molar refractivity (Wildman–Crippen MR) is 140 cm³/mol. The van der Waals surface area contributed by atoms with E-state index in [1.54, 1.807) is 6.07 Å². The van der Waals surface area contributed by atoms with E-state index in [-0.39, 0.29) is 17.6 Å². The largest absolute Gasteiger partial charge is 0.457 e. The van der Waals surface area contributed by atoms with Crippen molar-refractivity contribution in [3.63, 3.8) is 0 Å². The van der Waals surface area contributed by atoms with Crippen LogP contribution in [0.1, 0.15) is 61.8 Å². The van der Waals surface area contributed by atoms with Crippen LogP contribution in [0.2, 0.25) is 0 Å². The molecule has 0 unspecified atom stereocenters. The van der Waals surface area contributed by atoms with Gasteiger partial charge in [0.2, 0.25) is 0 Å². The number of para-hydroxylation sites is 1. The van der Waals surface area contributed by atoms with E-state index >= 15 is 0 Å². The normalized spacial score (nSPS) is 14.0. The lowest BCUT2D eigenvalue weighted by Gasteiger charge is -2.26. The van der Waals surface area contributed by atoms with Crippen molar-refractivity contribution in [2.24, 2.45) is 5.92 Å². The van der Waals surface area contributed by atoms with E-state index in [1.165, 1.54) is 25.0 Å². The minimum atomic E-state index is -0.296. The molecule has 0 atom stereocenters. The summed E-state index contributed by atoms with van der Waals surface area (Å²) < 4.78 is 22.2. The van der Waals surface area contributed by atoms with Crippen LogP contribution in [0.15, 0.2) is 72.8 Å². The number of nitrogens with zero attached hydrogens (tertiary/aromatic N) is 3. The number of hydrogen-bond acceptors (Lipinski definition) is 3. The maximum Gasteiger partial charge on any atom is 0.254 e. The van der Waals surface area contributed by atoms with Crippen LogP contribution in [-0.4, -0.2) is 26.9 Å². The molecular formula is C30H32FN3O2. The molecule has 4 aromatic rings. The molecular weight excluding hydrogens is 453 g/mol. The second-order valence-electron chi connectivity index (χ2n) is 9.99. The molecule has 1 heterocycles. The molecule has 1 aliphatic rings. The Morgan fingerprint density at radius 3 is 2.53 bits per heavy atom. The monoisotopic (exact) mass is 485 g/mol. The van der Waals surface area contributed by atoms with Crippen LogP contribution in [0.5, 0.6) is 11.5 Å². The summed E-state index contributed by atoms with van der Waals surface area (Å²) >= 11 is 0. The molecule has 0 saturated heterocycles. The van der Waals surface area contributed by atoms with Gasteiger partial charge in [-0.2, -0.15) is 0 Å². The smallest absolute Gasteiger partial charge is 0.254 e. The van der Waals surface area contributed by atoms with Crippen molar-refractivity contribution >= 4 is 16.9 Å². The summed E-state index contributed by atoms with van der Waals surface area (Å²) in [6.45, 7) is 5.16. The highest BCUT2D eigenvalue weighted by Gasteiger charge is 2.26. The molecule has 5 nitrogen and oxygen atoms in total. The Bertz CT molecular complexity index is 1340. The first-order chi connectivity index (χ1) is 17.5. The van der Waals surface area contributed by atoms with Crippen molar-refractivity contribution in [2.75, 3.05) is 6.54 Å². The summed E-state index contributed by atoms with van der Waals surface area (Å²) in [7, 11) is 0. The second-order valence-corrected chi connectivity index (χ2v) is 9.99. The second kappa shape index (κ2) is 10.5. The minimum Gasteiger partial charge on any atom is -0.457 e. The Balaban J connectivity index is 1.46. The Morgan fingerprint density at radius 2 is 1.78 bits per heavy atom. The molecule has 0 aliphatic heterocycles. The number of fused-ring (bicyclic) bond motifs is 1. The van der Waals surface area contributed by atoms with Gasteiger partial charge in [0.1, 0.15) is 23.1 Å². The zero-order valence-electron chi connectivity index (χ0n) is 20.9. The van der Waals surface area contributed by atoms with Gasteiger partial charge in [-0.1, -0.05) is 51.0 Å². The van der Waals surface area contributed by atoms with E-state index in [0.29, 0.717) is 36.0 Å². The number of imidazole rings is 1. The lowest BCUT2D eigenvalue weighted by molar-refractivity contribution is 0.0715. The van der Waals surface area contributed by atoms with Gasteiger partial charge < -0.3 is 14.2 Å². The molecule has 0 spiro atoms. The molecule has 0 radical (unpaired) electrons. The molecule has 1 aromatic heterocycles. The van der Waals surface area contributed by atoms with Gasteiger partial charge in [-0.05, 0) is 61.2 Å². The molecule has 5 rings (SSSR count). The van der Waals surface area contributed by atoms with Crippen LogP contribution in [-0.2, 0) is 6.54 Å². The number of ether oxygens (including phenoxy) is 1. The van der Waals surface area contributed by atoms with Crippen LogP contribution in [0.3, 0.4) is 0 Å². The van der Waals surface area contributed by atoms with Crippen molar-refractivity contribution in [1.29, 1.82) is 0 Å². The zero-order chi connectivity index (χ0) is 25.1. The third-order valence-electron chi connectivity index (χ3n) is 6.68. The Morgan fingerprint density at radius 1 is 1.03 bits per heavy atom. The standard InChI is InChI=1S/C30H32FN3O2/c1-21(2)19-33(30(35)22-9-8-14-26(17-22)36-25-12-4-3-5-13-25)20-29-32-27-18-23(31)15-16-28(27)34(29)24-10-6-7-11-24/h3-5,8-9,12-18,21,24H,6-7,10-11,19-20H2,1-2H3. The highest BCUT2D eigenvalue weighted by atomic mass is 19.1. The fourth-order valence-corrected chi connectivity index (χ4v) is 5.13. The molecule has 36 heavy (non-hydrogen) atoms. The number of aromatic nitrogens is 2. The Kier molecular flexibility index (Phi) is 7.03. The highest BCUT2D eigenvalue weighted by molar-refractivity contribution is 5.94. The summed E-state index contributed by atoms with van der Waals surface area (Å²) in [5, 5.41) is 0. The number of amides is 1. The predicted octanol–water partition coefficient (Wildman–Crippen LogP) is 7.38. The third-order valence-corrected chi connectivity index (χ3v) is 6.68. The van der Waals surface area contributed by atoms with Gasteiger partial charge in [-0.15, -0.1) is 0 Å². The van der Waals surface area contributed by atoms with Gasteiger partial charge >= 0.3 is 0 Å². The number of carbonyl (C=O) groups is 1. The van der Waals surface area contributed by atoms with Gasteiger partial charge in [-0.3, -0.25) is 4.79 Å². The number of benzene rings is 3. The van der Waals surface area contributed by atoms with Gasteiger partial charge in [-0.25, -0.2) is 9.37 Å². The molecule has 1 amide bonds. The van der Waals surface area contributed by atoms with Gasteiger partial charge in [0.15, 0.2) is 0 Å². The van der Waals surface area contributed by atoms with Crippen LogP contribution < -0.4 is 4.74 Å². The first-order valence-electron chi connectivity index (χ1n) is 12.8. The van der Waals surface area contributed by atoms with E-state index in [9.17, 15) is 9.18 Å². The van der Waals surface area contributed by atoms with E-state index < -0.39 is 0 Å². The molecule has 3 aromatic carbocycles. The van der Waals surface area contributed by atoms with E-state index in [1.807, 2.05) is 59.5 Å². The summed E-state index contributed by atoms with van der Waals surface area (Å²) in [5.74, 6) is 2.06. The van der Waals surface area contributed by atoms with Crippen molar-refractivity contribution in [3.8, 4) is 11.5 Å². The molecule has 0 N–H and O–H groups in total. The molecule has 1 aliphatic carbocycles. The topological polar surface area (TPSA) is 47.4 Å². The van der Waals surface area contributed by atoms with Crippen LogP contribution in [0, 0.1) is 11.7 Å². The summed E-state index contributed by atoms with van der Waals surface area (Å²) in [4.78, 5) is 20.4. The Labute approximate surface area is 211 Å². The maximum atomic E-state index is 14.0. The lowest BCUT2D eigenvalue weighted by Crippen LogP contribution is -2.35. The molecule has 1 fully saturated rings. The molecule has 0 bridgehead atoms. The van der Waals surface area contributed by atoms with Gasteiger partial charge in [0, 0.05) is 24.2 Å². The summed E-state index contributed by atoms with van der Waals surface area (Å²) in [6.07, 6.45) is 4.50. The summed E-state index contributed by atoms with van der Waals surface area (Å²) in [5.41, 5.74) is 2.15. The van der Waals surface area contributed by atoms with Crippen molar-refractivity contribution in [3.05, 3.63) is 90.0 Å². The van der Waals surface area contributed by atoms with Gasteiger partial charge in [0.05, 0.1) is 17.6 Å². The third kappa shape index (κ3) is 5.27. The first kappa shape index (κ1) is 24.0. The maximum absolute atomic E-state index is 14.0. The fourth-order valence-electron chi connectivity index (χ4n) is 5.13. The van der Waals surface area contributed by atoms with Crippen molar-refractivity contribution < 1.29 is 13.9 Å². The average Bonchev–Trinajstić information content (AvgIpc) is 3.51. The van der Waals surface area contributed by atoms with Gasteiger partial charge in [0.25, 0.3) is 5.91 Å². The minimum absolute atomic E-state index is 0.0709. The number of hydrogen-bond donors (Lipinski definition) is 0.